The van der Waals surface area contributed by atoms with E-state index in [1.54, 1.807) is 12.3 Å². The minimum absolute atomic E-state index is 0.0562. The number of nitrogens with one attached hydrogen (secondary N) is 2. The fourth-order valence-electron chi connectivity index (χ4n) is 5.94. The molecule has 2 bridgehead atoms. The van der Waals surface area contributed by atoms with Gasteiger partial charge in [-0.1, -0.05) is 19.9 Å². The summed E-state index contributed by atoms with van der Waals surface area (Å²) in [5.41, 5.74) is 1.64. The summed E-state index contributed by atoms with van der Waals surface area (Å²) in [6.07, 6.45) is 14.2. The summed E-state index contributed by atoms with van der Waals surface area (Å²) in [6, 6.07) is 1.95. The van der Waals surface area contributed by atoms with E-state index in [9.17, 15) is 15.0 Å². The van der Waals surface area contributed by atoms with Crippen LogP contribution in [0.25, 0.3) is 0 Å². The molecule has 4 N–H and O–H groups in total. The van der Waals surface area contributed by atoms with Gasteiger partial charge in [0, 0.05) is 11.5 Å². The van der Waals surface area contributed by atoms with E-state index >= 15 is 0 Å². The molecule has 1 aromatic heterocycles. The largest absolute Gasteiger partial charge is 0.469 e. The molecule has 9 heteroatoms. The number of H-pyrrole nitrogens is 1. The topological polar surface area (TPSA) is 140 Å². The Morgan fingerprint density at radius 2 is 1.97 bits per heavy atom. The average Bonchev–Trinajstić information content (AvgIpc) is 3.42. The molecule has 0 spiro atoms. The summed E-state index contributed by atoms with van der Waals surface area (Å²) in [4.78, 5) is 19.7. The number of amides is 1. The molecule has 3 aliphatic heterocycles. The monoisotopic (exact) mass is 506 g/mol. The second-order valence-corrected chi connectivity index (χ2v) is 11.5. The Balaban J connectivity index is 1.51. The first-order valence-corrected chi connectivity index (χ1v) is 12.9. The van der Waals surface area contributed by atoms with Gasteiger partial charge in [-0.2, -0.15) is 5.26 Å². The van der Waals surface area contributed by atoms with Crippen molar-refractivity contribution in [1.29, 1.82) is 5.26 Å². The molecule has 2 saturated heterocycles. The molecule has 0 aromatic carbocycles. The molecule has 3 atom stereocenters. The smallest absolute Gasteiger partial charge is 0.291 e. The molecule has 1 amide bonds. The van der Waals surface area contributed by atoms with Gasteiger partial charge in [-0.25, -0.2) is 4.98 Å². The van der Waals surface area contributed by atoms with Gasteiger partial charge in [0.05, 0.1) is 42.6 Å². The first-order chi connectivity index (χ1) is 17.7. The Kier molecular flexibility index (Phi) is 6.61. The number of aliphatic hydroxyl groups is 2. The summed E-state index contributed by atoms with van der Waals surface area (Å²) in [5.74, 6) is 0.275. The zero-order valence-electron chi connectivity index (χ0n) is 21.3. The van der Waals surface area contributed by atoms with Gasteiger partial charge in [-0.15, -0.1) is 0 Å². The highest BCUT2D eigenvalue weighted by atomic mass is 16.6. The van der Waals surface area contributed by atoms with E-state index < -0.39 is 17.1 Å². The van der Waals surface area contributed by atoms with Crippen molar-refractivity contribution in [2.75, 3.05) is 13.2 Å². The molecule has 1 unspecified atom stereocenters. The fraction of sp³-hybridized carbons (Fsp3) is 0.536. The van der Waals surface area contributed by atoms with Crippen LogP contribution in [-0.2, 0) is 9.47 Å². The summed E-state index contributed by atoms with van der Waals surface area (Å²) >= 11 is 0. The second-order valence-electron chi connectivity index (χ2n) is 11.5. The van der Waals surface area contributed by atoms with Crippen molar-refractivity contribution in [3.8, 4) is 6.07 Å². The molecule has 9 nitrogen and oxygen atoms in total. The van der Waals surface area contributed by atoms with Crippen molar-refractivity contribution in [1.82, 2.24) is 15.3 Å². The van der Waals surface area contributed by atoms with Crippen molar-refractivity contribution in [2.24, 2.45) is 11.3 Å². The van der Waals surface area contributed by atoms with Crippen LogP contribution in [0.1, 0.15) is 75.1 Å². The molecule has 4 heterocycles. The Morgan fingerprint density at radius 3 is 2.57 bits per heavy atom. The number of nitrogens with zero attached hydrogens (tertiary/aromatic N) is 2. The lowest BCUT2D eigenvalue weighted by Gasteiger charge is -2.43. The van der Waals surface area contributed by atoms with Crippen molar-refractivity contribution < 1.29 is 24.5 Å². The lowest BCUT2D eigenvalue weighted by atomic mass is 9.76. The fourth-order valence-corrected chi connectivity index (χ4v) is 5.94. The molecular weight excluding hydrogens is 472 g/mol. The van der Waals surface area contributed by atoms with Crippen LogP contribution in [-0.4, -0.2) is 50.5 Å². The standard InChI is InChI=1S/C28H34N4O5/c1-26(2)6-3-18(4-7-26)21-11-23(19-12-27(16-33)8-9-28(13-19,17-34)37-27)36-10-5-22(21)32-25(35)24-30-15-20(14-29)31-24/h3,5,10-11,15,19,33-34H,4,6-9,12-13,16-17H2,1-2H3,(H,30,31)(H,32,35)/t19?,27-,28+. The maximum atomic E-state index is 13.0. The Hall–Kier alpha value is -3.19. The predicted octanol–water partition coefficient (Wildman–Crippen LogP) is 3.51. The minimum Gasteiger partial charge on any atom is -0.469 e. The van der Waals surface area contributed by atoms with Gasteiger partial charge in [0.1, 0.15) is 17.5 Å². The van der Waals surface area contributed by atoms with Crippen molar-refractivity contribution in [3.05, 3.63) is 64.8 Å². The number of ether oxygens (including phenoxy) is 2. The Bertz CT molecular complexity index is 1230. The number of carbonyl (C=O) groups is 1. The number of hydrogen-bond donors (Lipinski definition) is 4. The van der Waals surface area contributed by atoms with Crippen molar-refractivity contribution in [3.63, 3.8) is 0 Å². The van der Waals surface area contributed by atoms with E-state index in [1.807, 2.05) is 12.1 Å². The third-order valence-electron chi connectivity index (χ3n) is 8.18. The molecule has 196 valence electrons. The highest BCUT2D eigenvalue weighted by molar-refractivity contribution is 5.92. The maximum Gasteiger partial charge on any atom is 0.291 e. The number of carbonyl (C=O) groups excluding carboxylic acids is 1. The number of aromatic amines is 1. The van der Waals surface area contributed by atoms with Crippen LogP contribution in [0.4, 0.5) is 0 Å². The number of allylic oxidation sites excluding steroid dienone is 6. The quantitative estimate of drug-likeness (QED) is 0.463. The van der Waals surface area contributed by atoms with Gasteiger partial charge in [0.2, 0.25) is 0 Å². The van der Waals surface area contributed by atoms with E-state index in [1.165, 1.54) is 6.20 Å². The summed E-state index contributed by atoms with van der Waals surface area (Å²) in [5, 5.41) is 32.3. The molecule has 2 fully saturated rings. The summed E-state index contributed by atoms with van der Waals surface area (Å²) in [7, 11) is 0. The maximum absolute atomic E-state index is 13.0. The number of aliphatic hydroxyl groups excluding tert-OH is 2. The minimum atomic E-state index is -0.682. The van der Waals surface area contributed by atoms with Crippen LogP contribution >= 0.6 is 0 Å². The van der Waals surface area contributed by atoms with Crippen LogP contribution in [0.2, 0.25) is 0 Å². The van der Waals surface area contributed by atoms with Crippen LogP contribution in [0, 0.1) is 22.7 Å². The second kappa shape index (κ2) is 9.60. The van der Waals surface area contributed by atoms with Gasteiger partial charge >= 0.3 is 0 Å². The van der Waals surface area contributed by atoms with Crippen LogP contribution in [0.3, 0.4) is 0 Å². The Labute approximate surface area is 216 Å². The molecule has 0 saturated carbocycles. The Morgan fingerprint density at radius 1 is 1.24 bits per heavy atom. The van der Waals surface area contributed by atoms with Crippen LogP contribution < -0.4 is 5.32 Å². The number of fused-ring (bicyclic) bond motifs is 2. The van der Waals surface area contributed by atoms with Gasteiger partial charge in [-0.05, 0) is 68.1 Å². The highest BCUT2D eigenvalue weighted by Gasteiger charge is 2.55. The lowest BCUT2D eigenvalue weighted by molar-refractivity contribution is -0.185. The average molecular weight is 507 g/mol. The van der Waals surface area contributed by atoms with Gasteiger partial charge in [0.15, 0.2) is 5.82 Å². The van der Waals surface area contributed by atoms with E-state index in [2.05, 4.69) is 35.2 Å². The van der Waals surface area contributed by atoms with Gasteiger partial charge in [0.25, 0.3) is 5.91 Å². The molecule has 0 radical (unpaired) electrons. The predicted molar refractivity (Wildman–Crippen MR) is 134 cm³/mol. The molecular formula is C28H34N4O5. The van der Waals surface area contributed by atoms with Gasteiger partial charge < -0.3 is 30.0 Å². The first-order valence-electron chi connectivity index (χ1n) is 12.9. The SMILES string of the molecule is CC1(C)CC=C(C2=C(NC(=O)c3ncc(C#N)[nH]3)C=COC(C3C[C@]4(CO)CC[C@](CO)(C3)O4)=C2)CC1. The first kappa shape index (κ1) is 25.5. The number of nitriles is 1. The molecule has 5 rings (SSSR count). The molecule has 37 heavy (non-hydrogen) atoms. The van der Waals surface area contributed by atoms with E-state index in [4.69, 9.17) is 14.7 Å². The van der Waals surface area contributed by atoms with E-state index in [0.29, 0.717) is 31.4 Å². The zero-order valence-corrected chi connectivity index (χ0v) is 21.3. The van der Waals surface area contributed by atoms with Gasteiger partial charge in [-0.3, -0.25) is 4.79 Å². The third-order valence-corrected chi connectivity index (χ3v) is 8.18. The van der Waals surface area contributed by atoms with E-state index in [-0.39, 0.29) is 36.1 Å². The normalized spacial score (nSPS) is 30.6. The zero-order chi connectivity index (χ0) is 26.3. The van der Waals surface area contributed by atoms with Crippen molar-refractivity contribution in [2.45, 2.75) is 70.0 Å². The molecule has 4 aliphatic rings. The van der Waals surface area contributed by atoms with E-state index in [0.717, 1.165) is 36.2 Å². The van der Waals surface area contributed by atoms with Crippen molar-refractivity contribution >= 4 is 5.91 Å². The molecule has 1 aliphatic carbocycles. The lowest BCUT2D eigenvalue weighted by Crippen LogP contribution is -2.48. The number of rotatable bonds is 6. The third kappa shape index (κ3) is 5.01. The molecule has 1 aromatic rings. The number of hydrogen-bond acceptors (Lipinski definition) is 7. The number of aromatic nitrogens is 2. The summed E-state index contributed by atoms with van der Waals surface area (Å²) in [6.45, 7) is 4.29. The van der Waals surface area contributed by atoms with Crippen LogP contribution in [0.5, 0.6) is 0 Å². The highest BCUT2D eigenvalue weighted by Crippen LogP contribution is 2.52. The summed E-state index contributed by atoms with van der Waals surface area (Å²) < 4.78 is 12.3. The number of imidazole rings is 1. The van der Waals surface area contributed by atoms with Crippen LogP contribution in [0.15, 0.2) is 53.3 Å².